The minimum atomic E-state index is -4.76. The molecule has 10 heteroatoms. The van der Waals surface area contributed by atoms with Gasteiger partial charge in [-0.05, 0) is 50.3 Å². The van der Waals surface area contributed by atoms with Gasteiger partial charge in [0.2, 0.25) is 5.92 Å². The zero-order chi connectivity index (χ0) is 23.7. The molecule has 174 valence electrons. The number of hydrogen-bond acceptors (Lipinski definition) is 4. The maximum absolute atomic E-state index is 13.9. The molecule has 1 aromatic heterocycles. The Morgan fingerprint density at radius 2 is 1.91 bits per heavy atom. The zero-order valence-electron chi connectivity index (χ0n) is 17.9. The number of hydrogen-bond donors (Lipinski definition) is 1. The van der Waals surface area contributed by atoms with Crippen molar-refractivity contribution in [3.8, 4) is 0 Å². The molecule has 0 saturated carbocycles. The smallest absolute Gasteiger partial charge is 0.369 e. The number of carbonyl (C=O) groups excluding carboxylic acids is 1. The van der Waals surface area contributed by atoms with E-state index >= 15 is 0 Å². The number of amides is 1. The van der Waals surface area contributed by atoms with Gasteiger partial charge in [-0.25, -0.2) is 13.8 Å². The van der Waals surface area contributed by atoms with E-state index in [0.29, 0.717) is 5.69 Å². The Morgan fingerprint density at radius 3 is 2.56 bits per heavy atom. The molecule has 4 nitrogen and oxygen atoms in total. The van der Waals surface area contributed by atoms with Gasteiger partial charge < -0.3 is 10.2 Å². The molecule has 1 fully saturated rings. The number of thioether (sulfide) groups is 1. The fourth-order valence-electron chi connectivity index (χ4n) is 3.90. The number of aryl methyl sites for hydroxylation is 1. The lowest BCUT2D eigenvalue weighted by Gasteiger charge is -2.29. The van der Waals surface area contributed by atoms with Crippen molar-refractivity contribution < 1.29 is 26.7 Å². The van der Waals surface area contributed by atoms with Gasteiger partial charge in [-0.1, -0.05) is 6.07 Å². The summed E-state index contributed by atoms with van der Waals surface area (Å²) in [6.07, 6.45) is -3.49. The summed E-state index contributed by atoms with van der Waals surface area (Å²) in [5.74, 6) is -3.58. The number of pyridine rings is 1. The Bertz CT molecular complexity index is 1010. The van der Waals surface area contributed by atoms with Crippen LogP contribution in [0.3, 0.4) is 0 Å². The van der Waals surface area contributed by atoms with Gasteiger partial charge in [0.15, 0.2) is 0 Å². The molecule has 0 atom stereocenters. The summed E-state index contributed by atoms with van der Waals surface area (Å²) < 4.78 is 68.7. The summed E-state index contributed by atoms with van der Waals surface area (Å²) in [6, 6.07) is 6.92. The van der Waals surface area contributed by atoms with Crippen LogP contribution in [-0.2, 0) is 6.18 Å². The van der Waals surface area contributed by atoms with Crippen LogP contribution in [0.5, 0.6) is 0 Å². The third-order valence-electron chi connectivity index (χ3n) is 5.45. The van der Waals surface area contributed by atoms with Gasteiger partial charge in [-0.2, -0.15) is 13.2 Å². The van der Waals surface area contributed by atoms with Crippen LogP contribution in [-0.4, -0.2) is 36.2 Å². The van der Waals surface area contributed by atoms with Crippen molar-refractivity contribution in [1.82, 2.24) is 4.98 Å². The van der Waals surface area contributed by atoms with Gasteiger partial charge in [0.25, 0.3) is 5.91 Å². The molecular weight excluding hydrogens is 449 g/mol. The van der Waals surface area contributed by atoms with E-state index < -0.39 is 30.1 Å². The lowest BCUT2D eigenvalue weighted by Crippen LogP contribution is -2.31. The Balaban J connectivity index is 2.10. The van der Waals surface area contributed by atoms with Crippen LogP contribution in [0.4, 0.5) is 33.3 Å². The van der Waals surface area contributed by atoms with Crippen molar-refractivity contribution in [1.29, 1.82) is 0 Å². The zero-order valence-corrected chi connectivity index (χ0v) is 18.8. The van der Waals surface area contributed by atoms with Gasteiger partial charge in [0, 0.05) is 36.5 Å². The second-order valence-electron chi connectivity index (χ2n) is 7.77. The van der Waals surface area contributed by atoms with Crippen molar-refractivity contribution >= 4 is 29.0 Å². The topological polar surface area (TPSA) is 45.2 Å². The average Bonchev–Trinajstić information content (AvgIpc) is 2.88. The standard InChI is InChI=1S/C22H24F5N3OS/c1-13-17(20(31)29-15-6-4-7-16(12-15)32-3)18(14(2)28-19(13)22(25,26)27)30-10-5-8-21(23,24)9-11-30/h4,6-7,12H,5,8-11H2,1-3H3,(H,29,31). The Labute approximate surface area is 187 Å². The van der Waals surface area contributed by atoms with Crippen LogP contribution in [0.2, 0.25) is 0 Å². The number of benzene rings is 1. The Kier molecular flexibility index (Phi) is 7.02. The number of carbonyl (C=O) groups is 1. The highest BCUT2D eigenvalue weighted by atomic mass is 32.2. The third-order valence-corrected chi connectivity index (χ3v) is 6.17. The van der Waals surface area contributed by atoms with Gasteiger partial charge >= 0.3 is 6.18 Å². The molecule has 2 heterocycles. The monoisotopic (exact) mass is 473 g/mol. The van der Waals surface area contributed by atoms with E-state index in [0.717, 1.165) is 4.90 Å². The molecule has 3 rings (SSSR count). The molecule has 1 aliphatic rings. The van der Waals surface area contributed by atoms with Crippen LogP contribution < -0.4 is 10.2 Å². The van der Waals surface area contributed by atoms with Crippen LogP contribution in [0, 0.1) is 13.8 Å². The van der Waals surface area contributed by atoms with Gasteiger partial charge in [0.05, 0.1) is 16.9 Å². The van der Waals surface area contributed by atoms with Crippen LogP contribution in [0.25, 0.3) is 0 Å². The average molecular weight is 474 g/mol. The summed E-state index contributed by atoms with van der Waals surface area (Å²) in [7, 11) is 0. The number of rotatable bonds is 4. The summed E-state index contributed by atoms with van der Waals surface area (Å²) in [6.45, 7) is 2.68. The maximum Gasteiger partial charge on any atom is 0.433 e. The molecule has 1 aliphatic heterocycles. The summed E-state index contributed by atoms with van der Waals surface area (Å²) in [5, 5.41) is 2.67. The van der Waals surface area contributed by atoms with Gasteiger partial charge in [-0.3, -0.25) is 4.79 Å². The van der Waals surface area contributed by atoms with Gasteiger partial charge in [-0.15, -0.1) is 11.8 Å². The van der Waals surface area contributed by atoms with E-state index in [9.17, 15) is 26.7 Å². The van der Waals surface area contributed by atoms with Gasteiger partial charge in [0.1, 0.15) is 5.69 Å². The first kappa shape index (κ1) is 24.3. The lowest BCUT2D eigenvalue weighted by atomic mass is 10.0. The molecule has 1 saturated heterocycles. The summed E-state index contributed by atoms with van der Waals surface area (Å²) in [4.78, 5) is 19.4. The molecule has 1 aromatic carbocycles. The first-order chi connectivity index (χ1) is 14.9. The molecular formula is C22H24F5N3OS. The number of anilines is 2. The quantitative estimate of drug-likeness (QED) is 0.417. The predicted octanol–water partition coefficient (Wildman–Crippen LogP) is 6.32. The SMILES string of the molecule is CSc1cccc(NC(=O)c2c(C)c(C(F)(F)F)nc(C)c2N2CCCC(F)(F)CC2)c1. The fourth-order valence-corrected chi connectivity index (χ4v) is 4.36. The van der Waals surface area contributed by atoms with Crippen molar-refractivity contribution in [2.24, 2.45) is 0 Å². The largest absolute Gasteiger partial charge is 0.433 e. The molecule has 0 radical (unpaired) electrons. The molecule has 0 bridgehead atoms. The number of aromatic nitrogens is 1. The van der Waals surface area contributed by atoms with E-state index in [2.05, 4.69) is 10.3 Å². The summed E-state index contributed by atoms with van der Waals surface area (Å²) in [5.41, 5.74) is -1.08. The third kappa shape index (κ3) is 5.33. The highest BCUT2D eigenvalue weighted by Crippen LogP contribution is 2.39. The van der Waals surface area contributed by atoms with Crippen LogP contribution in [0.15, 0.2) is 29.2 Å². The van der Waals surface area contributed by atoms with E-state index in [1.807, 2.05) is 12.3 Å². The van der Waals surface area contributed by atoms with Crippen LogP contribution in [0.1, 0.15) is 46.6 Å². The molecule has 0 unspecified atom stereocenters. The highest BCUT2D eigenvalue weighted by Gasteiger charge is 2.39. The molecule has 1 amide bonds. The molecule has 2 aromatic rings. The first-order valence-corrected chi connectivity index (χ1v) is 11.3. The Hall–Kier alpha value is -2.36. The van der Waals surface area contributed by atoms with E-state index in [-0.39, 0.29) is 48.4 Å². The number of halogens is 5. The normalized spacial score (nSPS) is 16.6. The van der Waals surface area contributed by atoms with E-state index in [1.165, 1.54) is 25.6 Å². The minimum Gasteiger partial charge on any atom is -0.369 e. The predicted molar refractivity (Wildman–Crippen MR) is 116 cm³/mol. The molecule has 0 spiro atoms. The maximum atomic E-state index is 13.9. The van der Waals surface area contributed by atoms with Crippen molar-refractivity contribution in [3.63, 3.8) is 0 Å². The second kappa shape index (κ2) is 9.25. The number of alkyl halides is 5. The Morgan fingerprint density at radius 1 is 1.19 bits per heavy atom. The second-order valence-corrected chi connectivity index (χ2v) is 8.65. The first-order valence-electron chi connectivity index (χ1n) is 10.1. The summed E-state index contributed by atoms with van der Waals surface area (Å²) >= 11 is 1.46. The lowest BCUT2D eigenvalue weighted by molar-refractivity contribution is -0.141. The fraction of sp³-hybridized carbons (Fsp3) is 0.455. The highest BCUT2D eigenvalue weighted by molar-refractivity contribution is 7.98. The molecule has 1 N–H and O–H groups in total. The number of nitrogens with one attached hydrogen (secondary N) is 1. The van der Waals surface area contributed by atoms with E-state index in [4.69, 9.17) is 0 Å². The molecule has 0 aliphatic carbocycles. The van der Waals surface area contributed by atoms with Crippen LogP contribution >= 0.6 is 11.8 Å². The van der Waals surface area contributed by atoms with Crippen molar-refractivity contribution in [2.75, 3.05) is 29.6 Å². The number of nitrogens with zero attached hydrogens (tertiary/aromatic N) is 2. The minimum absolute atomic E-state index is 0.0174. The molecule has 32 heavy (non-hydrogen) atoms. The van der Waals surface area contributed by atoms with Crippen molar-refractivity contribution in [3.05, 3.63) is 46.8 Å². The van der Waals surface area contributed by atoms with E-state index in [1.54, 1.807) is 23.1 Å². The van der Waals surface area contributed by atoms with Crippen molar-refractivity contribution in [2.45, 2.75) is 50.1 Å².